The van der Waals surface area contributed by atoms with Crippen LogP contribution in [0, 0.1) is 0 Å². The molecule has 0 spiro atoms. The second-order valence-corrected chi connectivity index (χ2v) is 4.21. The molecule has 4 heteroatoms. The van der Waals surface area contributed by atoms with Crippen LogP contribution in [0.2, 0.25) is 0 Å². The minimum atomic E-state index is 0.293. The standard InChI is InChI=1S/C15H14N2O2/c1-2-14-16-17-15(19-14)10-18-13-9-5-7-11-6-3-4-8-12(11)13/h3-9H,2,10H2,1H3. The maximum absolute atomic E-state index is 5.77. The van der Waals surface area contributed by atoms with Crippen molar-refractivity contribution >= 4 is 10.8 Å². The molecule has 1 heterocycles. The number of hydrogen-bond donors (Lipinski definition) is 0. The Balaban J connectivity index is 1.81. The number of nitrogens with zero attached hydrogens (tertiary/aromatic N) is 2. The highest BCUT2D eigenvalue weighted by Crippen LogP contribution is 2.25. The van der Waals surface area contributed by atoms with E-state index in [4.69, 9.17) is 9.15 Å². The Bertz CT molecular complexity index is 686. The highest BCUT2D eigenvalue weighted by Gasteiger charge is 2.06. The van der Waals surface area contributed by atoms with Gasteiger partial charge in [0.25, 0.3) is 5.89 Å². The average Bonchev–Trinajstić information content (AvgIpc) is 2.93. The summed E-state index contributed by atoms with van der Waals surface area (Å²) in [6, 6.07) is 14.1. The summed E-state index contributed by atoms with van der Waals surface area (Å²) in [4.78, 5) is 0. The van der Waals surface area contributed by atoms with Gasteiger partial charge in [0.05, 0.1) is 0 Å². The molecule has 0 atom stereocenters. The zero-order valence-corrected chi connectivity index (χ0v) is 10.7. The summed E-state index contributed by atoms with van der Waals surface area (Å²) < 4.78 is 11.2. The highest BCUT2D eigenvalue weighted by molar-refractivity contribution is 5.88. The van der Waals surface area contributed by atoms with E-state index in [1.54, 1.807) is 0 Å². The predicted molar refractivity (Wildman–Crippen MR) is 72.0 cm³/mol. The fraction of sp³-hybridized carbons (Fsp3) is 0.200. The van der Waals surface area contributed by atoms with Crippen molar-refractivity contribution in [2.75, 3.05) is 0 Å². The van der Waals surface area contributed by atoms with Crippen LogP contribution in [-0.2, 0) is 13.0 Å². The zero-order valence-electron chi connectivity index (χ0n) is 10.7. The molecular weight excluding hydrogens is 240 g/mol. The number of aromatic nitrogens is 2. The van der Waals surface area contributed by atoms with Crippen LogP contribution < -0.4 is 4.74 Å². The second kappa shape index (κ2) is 5.10. The molecule has 0 N–H and O–H groups in total. The minimum Gasteiger partial charge on any atom is -0.483 e. The van der Waals surface area contributed by atoms with E-state index in [2.05, 4.69) is 22.3 Å². The van der Waals surface area contributed by atoms with E-state index in [0.717, 1.165) is 22.9 Å². The van der Waals surface area contributed by atoms with Gasteiger partial charge in [-0.15, -0.1) is 10.2 Å². The van der Waals surface area contributed by atoms with Gasteiger partial charge in [-0.05, 0) is 11.5 Å². The third-order valence-electron chi connectivity index (χ3n) is 2.91. The van der Waals surface area contributed by atoms with E-state index in [0.29, 0.717) is 18.4 Å². The number of hydrogen-bond acceptors (Lipinski definition) is 4. The van der Waals surface area contributed by atoms with Gasteiger partial charge in [0.2, 0.25) is 5.89 Å². The summed E-state index contributed by atoms with van der Waals surface area (Å²) in [7, 11) is 0. The van der Waals surface area contributed by atoms with Gasteiger partial charge >= 0.3 is 0 Å². The summed E-state index contributed by atoms with van der Waals surface area (Å²) in [5, 5.41) is 10.1. The molecule has 0 unspecified atom stereocenters. The molecule has 0 aliphatic rings. The van der Waals surface area contributed by atoms with E-state index >= 15 is 0 Å². The minimum absolute atomic E-state index is 0.293. The second-order valence-electron chi connectivity index (χ2n) is 4.21. The topological polar surface area (TPSA) is 48.2 Å². The molecule has 0 radical (unpaired) electrons. The van der Waals surface area contributed by atoms with Gasteiger partial charge < -0.3 is 9.15 Å². The Morgan fingerprint density at radius 1 is 1.00 bits per heavy atom. The first-order valence-electron chi connectivity index (χ1n) is 6.28. The molecule has 0 amide bonds. The molecule has 19 heavy (non-hydrogen) atoms. The maximum Gasteiger partial charge on any atom is 0.253 e. The molecule has 0 bridgehead atoms. The van der Waals surface area contributed by atoms with Crippen LogP contribution in [0.3, 0.4) is 0 Å². The fourth-order valence-electron chi connectivity index (χ4n) is 1.95. The number of aryl methyl sites for hydroxylation is 1. The lowest BCUT2D eigenvalue weighted by Crippen LogP contribution is -1.96. The van der Waals surface area contributed by atoms with E-state index in [1.165, 1.54) is 0 Å². The van der Waals surface area contributed by atoms with Crippen molar-refractivity contribution in [1.82, 2.24) is 10.2 Å². The van der Waals surface area contributed by atoms with E-state index in [9.17, 15) is 0 Å². The number of ether oxygens (including phenoxy) is 1. The van der Waals surface area contributed by atoms with Crippen molar-refractivity contribution < 1.29 is 9.15 Å². The Morgan fingerprint density at radius 3 is 2.63 bits per heavy atom. The molecule has 0 saturated heterocycles. The average molecular weight is 254 g/mol. The Labute approximate surface area is 111 Å². The van der Waals surface area contributed by atoms with Crippen molar-refractivity contribution in [3.05, 3.63) is 54.2 Å². The van der Waals surface area contributed by atoms with Crippen molar-refractivity contribution in [2.24, 2.45) is 0 Å². The largest absolute Gasteiger partial charge is 0.483 e. The maximum atomic E-state index is 5.77. The Morgan fingerprint density at radius 2 is 1.79 bits per heavy atom. The molecular formula is C15H14N2O2. The smallest absolute Gasteiger partial charge is 0.253 e. The summed E-state index contributed by atoms with van der Waals surface area (Å²) in [6.45, 7) is 2.27. The molecule has 0 aliphatic heterocycles. The van der Waals surface area contributed by atoms with E-state index in [1.807, 2.05) is 37.3 Å². The Kier molecular flexibility index (Phi) is 3.14. The SMILES string of the molecule is CCc1nnc(COc2cccc3ccccc23)o1. The lowest BCUT2D eigenvalue weighted by molar-refractivity contribution is 0.262. The van der Waals surface area contributed by atoms with Crippen LogP contribution in [0.1, 0.15) is 18.7 Å². The van der Waals surface area contributed by atoms with Crippen molar-refractivity contribution in [3.8, 4) is 5.75 Å². The van der Waals surface area contributed by atoms with Gasteiger partial charge in [0.15, 0.2) is 6.61 Å². The molecule has 1 aromatic heterocycles. The molecule has 0 saturated carbocycles. The summed E-state index contributed by atoms with van der Waals surface area (Å²) >= 11 is 0. The van der Waals surface area contributed by atoms with Gasteiger partial charge in [-0.1, -0.05) is 43.3 Å². The van der Waals surface area contributed by atoms with Crippen LogP contribution in [0.25, 0.3) is 10.8 Å². The molecule has 4 nitrogen and oxygen atoms in total. The van der Waals surface area contributed by atoms with Gasteiger partial charge in [0, 0.05) is 11.8 Å². The number of rotatable bonds is 4. The first-order chi connectivity index (χ1) is 9.36. The third-order valence-corrected chi connectivity index (χ3v) is 2.91. The molecule has 0 fully saturated rings. The van der Waals surface area contributed by atoms with Crippen LogP contribution >= 0.6 is 0 Å². The van der Waals surface area contributed by atoms with Crippen LogP contribution in [-0.4, -0.2) is 10.2 Å². The molecule has 3 aromatic rings. The van der Waals surface area contributed by atoms with Crippen LogP contribution in [0.15, 0.2) is 46.9 Å². The normalized spacial score (nSPS) is 10.8. The molecule has 2 aromatic carbocycles. The lowest BCUT2D eigenvalue weighted by atomic mass is 10.1. The van der Waals surface area contributed by atoms with Crippen LogP contribution in [0.4, 0.5) is 0 Å². The van der Waals surface area contributed by atoms with Gasteiger partial charge in [0.1, 0.15) is 5.75 Å². The monoisotopic (exact) mass is 254 g/mol. The van der Waals surface area contributed by atoms with Crippen molar-refractivity contribution in [3.63, 3.8) is 0 Å². The van der Waals surface area contributed by atoms with Gasteiger partial charge in [-0.3, -0.25) is 0 Å². The van der Waals surface area contributed by atoms with Gasteiger partial charge in [-0.25, -0.2) is 0 Å². The predicted octanol–water partition coefficient (Wildman–Crippen LogP) is 3.36. The van der Waals surface area contributed by atoms with E-state index < -0.39 is 0 Å². The third kappa shape index (κ3) is 2.42. The molecule has 96 valence electrons. The first-order valence-corrected chi connectivity index (χ1v) is 6.28. The summed E-state index contributed by atoms with van der Waals surface area (Å²) in [6.07, 6.45) is 0.737. The first kappa shape index (κ1) is 11.7. The summed E-state index contributed by atoms with van der Waals surface area (Å²) in [5.41, 5.74) is 0. The zero-order chi connectivity index (χ0) is 13.1. The number of benzene rings is 2. The highest BCUT2D eigenvalue weighted by atomic mass is 16.5. The van der Waals surface area contributed by atoms with Crippen LogP contribution in [0.5, 0.6) is 5.75 Å². The fourth-order valence-corrected chi connectivity index (χ4v) is 1.95. The number of fused-ring (bicyclic) bond motifs is 1. The van der Waals surface area contributed by atoms with Crippen molar-refractivity contribution in [1.29, 1.82) is 0 Å². The van der Waals surface area contributed by atoms with Gasteiger partial charge in [-0.2, -0.15) is 0 Å². The van der Waals surface area contributed by atoms with E-state index in [-0.39, 0.29) is 0 Å². The molecule has 0 aliphatic carbocycles. The van der Waals surface area contributed by atoms with Crippen molar-refractivity contribution in [2.45, 2.75) is 20.0 Å². The molecule has 3 rings (SSSR count). The Hall–Kier alpha value is -2.36. The quantitative estimate of drug-likeness (QED) is 0.716. The summed E-state index contributed by atoms with van der Waals surface area (Å²) in [5.74, 6) is 1.97. The lowest BCUT2D eigenvalue weighted by Gasteiger charge is -2.06.